The molecule has 0 spiro atoms. The van der Waals surface area contributed by atoms with Crippen LogP contribution in [-0.4, -0.2) is 53.6 Å². The molecule has 0 bridgehead atoms. The van der Waals surface area contributed by atoms with E-state index in [2.05, 4.69) is 28.7 Å². The topological polar surface area (TPSA) is 67.8 Å². The van der Waals surface area contributed by atoms with Gasteiger partial charge < -0.3 is 19.3 Å². The summed E-state index contributed by atoms with van der Waals surface area (Å²) < 4.78 is 11.1. The Balaban J connectivity index is 1.42. The van der Waals surface area contributed by atoms with Gasteiger partial charge in [0, 0.05) is 31.7 Å². The largest absolute Gasteiger partial charge is 0.497 e. The zero-order chi connectivity index (χ0) is 23.2. The first-order chi connectivity index (χ1) is 16.1. The van der Waals surface area contributed by atoms with Crippen molar-refractivity contribution in [1.82, 2.24) is 14.9 Å². The second-order valence-corrected chi connectivity index (χ2v) is 8.19. The number of aromatic nitrogens is 2. The number of benzene rings is 2. The molecule has 172 valence electrons. The van der Waals surface area contributed by atoms with E-state index in [-0.39, 0.29) is 17.9 Å². The molecule has 4 rings (SSSR count). The second kappa shape index (κ2) is 10.3. The molecule has 0 N–H and O–H groups in total. The van der Waals surface area contributed by atoms with E-state index in [0.29, 0.717) is 31.3 Å². The van der Waals surface area contributed by atoms with Gasteiger partial charge in [-0.3, -0.25) is 4.79 Å². The third-order valence-electron chi connectivity index (χ3n) is 6.05. The van der Waals surface area contributed by atoms with Gasteiger partial charge in [-0.15, -0.1) is 0 Å². The maximum absolute atomic E-state index is 13.3. The average molecular weight is 447 g/mol. The van der Waals surface area contributed by atoms with Gasteiger partial charge in [0.25, 0.3) is 0 Å². The Morgan fingerprint density at radius 1 is 1.06 bits per heavy atom. The molecular weight excluding hydrogens is 416 g/mol. The van der Waals surface area contributed by atoms with Crippen molar-refractivity contribution in [2.45, 2.75) is 32.2 Å². The first kappa shape index (κ1) is 22.6. The summed E-state index contributed by atoms with van der Waals surface area (Å²) in [6.07, 6.45) is 2.30. The smallest absolute Gasteiger partial charge is 0.230 e. The molecule has 1 aliphatic heterocycles. The summed E-state index contributed by atoms with van der Waals surface area (Å²) in [5, 5.41) is 0. The van der Waals surface area contributed by atoms with Crippen molar-refractivity contribution >= 4 is 11.7 Å². The third-order valence-corrected chi connectivity index (χ3v) is 6.05. The fourth-order valence-electron chi connectivity index (χ4n) is 4.25. The Kier molecular flexibility index (Phi) is 7.07. The van der Waals surface area contributed by atoms with Crippen LogP contribution in [0.3, 0.4) is 0 Å². The number of nitrogens with zero attached hydrogens (tertiary/aromatic N) is 4. The highest BCUT2D eigenvalue weighted by Gasteiger charge is 2.32. The molecule has 0 aliphatic carbocycles. The van der Waals surface area contributed by atoms with Crippen LogP contribution in [0.1, 0.15) is 31.7 Å². The molecule has 0 saturated carbocycles. The number of rotatable bonds is 7. The average Bonchev–Trinajstić information content (AvgIpc) is 2.85. The fraction of sp³-hybridized carbons (Fsp3) is 0.346. The van der Waals surface area contributed by atoms with Gasteiger partial charge in [-0.1, -0.05) is 37.3 Å². The van der Waals surface area contributed by atoms with Crippen LogP contribution in [0.15, 0.2) is 67.0 Å². The van der Waals surface area contributed by atoms with E-state index in [9.17, 15) is 4.79 Å². The van der Waals surface area contributed by atoms with E-state index in [1.165, 1.54) is 6.33 Å². The summed E-state index contributed by atoms with van der Waals surface area (Å²) in [7, 11) is 1.63. The maximum atomic E-state index is 13.3. The number of hydrogen-bond acceptors (Lipinski definition) is 6. The van der Waals surface area contributed by atoms with Gasteiger partial charge in [0.15, 0.2) is 0 Å². The van der Waals surface area contributed by atoms with Crippen LogP contribution >= 0.6 is 0 Å². The van der Waals surface area contributed by atoms with E-state index in [1.807, 2.05) is 65.6 Å². The number of ether oxygens (including phenoxy) is 2. The normalized spacial score (nSPS) is 16.9. The fourth-order valence-corrected chi connectivity index (χ4v) is 4.25. The predicted molar refractivity (Wildman–Crippen MR) is 128 cm³/mol. The van der Waals surface area contributed by atoms with Gasteiger partial charge in [-0.25, -0.2) is 9.97 Å². The highest BCUT2D eigenvalue weighted by molar-refractivity contribution is 5.84. The minimum Gasteiger partial charge on any atom is -0.497 e. The summed E-state index contributed by atoms with van der Waals surface area (Å²) in [6.45, 7) is 6.23. The zero-order valence-electron chi connectivity index (χ0n) is 19.3. The summed E-state index contributed by atoms with van der Waals surface area (Å²) in [5.74, 6) is 2.81. The minimum atomic E-state index is -0.108. The molecule has 0 radical (unpaired) electrons. The van der Waals surface area contributed by atoms with Crippen molar-refractivity contribution in [1.29, 1.82) is 0 Å². The zero-order valence-corrected chi connectivity index (χ0v) is 19.3. The molecule has 7 heteroatoms. The van der Waals surface area contributed by atoms with Crippen LogP contribution < -0.4 is 14.4 Å². The number of hydrogen-bond donors (Lipinski definition) is 0. The number of amides is 1. The Labute approximate surface area is 195 Å². The van der Waals surface area contributed by atoms with Crippen LogP contribution in [0.2, 0.25) is 0 Å². The Morgan fingerprint density at radius 3 is 2.45 bits per heavy atom. The van der Waals surface area contributed by atoms with Crippen molar-refractivity contribution in [3.05, 3.63) is 72.6 Å². The predicted octanol–water partition coefficient (Wildman–Crippen LogP) is 4.51. The monoisotopic (exact) mass is 446 g/mol. The maximum Gasteiger partial charge on any atom is 0.230 e. The van der Waals surface area contributed by atoms with E-state index >= 15 is 0 Å². The lowest BCUT2D eigenvalue weighted by molar-refractivity contribution is -0.135. The minimum absolute atomic E-state index is 0.0740. The molecule has 2 atom stereocenters. The molecule has 1 amide bonds. The van der Waals surface area contributed by atoms with Crippen molar-refractivity contribution in [2.24, 2.45) is 0 Å². The van der Waals surface area contributed by atoms with Crippen LogP contribution in [0, 0.1) is 0 Å². The molecule has 1 saturated heterocycles. The molecule has 33 heavy (non-hydrogen) atoms. The number of methoxy groups -OCH3 is 1. The van der Waals surface area contributed by atoms with Crippen molar-refractivity contribution in [3.8, 4) is 17.4 Å². The van der Waals surface area contributed by atoms with E-state index in [4.69, 9.17) is 9.47 Å². The molecule has 0 unspecified atom stereocenters. The Bertz CT molecular complexity index is 1060. The highest BCUT2D eigenvalue weighted by Crippen LogP contribution is 2.28. The van der Waals surface area contributed by atoms with E-state index < -0.39 is 0 Å². The van der Waals surface area contributed by atoms with Gasteiger partial charge in [0.05, 0.1) is 13.0 Å². The Hall–Kier alpha value is -3.61. The van der Waals surface area contributed by atoms with E-state index in [0.717, 1.165) is 23.6 Å². The summed E-state index contributed by atoms with van der Waals surface area (Å²) in [6, 6.07) is 19.3. The number of anilines is 1. The molecule has 3 aromatic rings. The van der Waals surface area contributed by atoms with Gasteiger partial charge in [0.1, 0.15) is 23.6 Å². The van der Waals surface area contributed by atoms with Gasteiger partial charge >= 0.3 is 0 Å². The molecule has 7 nitrogen and oxygen atoms in total. The molecular formula is C26H30N4O3. The lowest BCUT2D eigenvalue weighted by atomic mass is 9.94. The molecule has 1 fully saturated rings. The molecule has 1 aliphatic rings. The number of piperazine rings is 1. The van der Waals surface area contributed by atoms with Gasteiger partial charge in [0.2, 0.25) is 11.8 Å². The van der Waals surface area contributed by atoms with E-state index in [1.54, 1.807) is 7.11 Å². The van der Waals surface area contributed by atoms with Crippen molar-refractivity contribution < 1.29 is 14.3 Å². The number of carbonyl (C=O) groups is 1. The molecule has 2 aromatic carbocycles. The van der Waals surface area contributed by atoms with Gasteiger partial charge in [-0.2, -0.15) is 0 Å². The highest BCUT2D eigenvalue weighted by atomic mass is 16.5. The van der Waals surface area contributed by atoms with Gasteiger partial charge in [-0.05, 0) is 43.2 Å². The molecule has 1 aromatic heterocycles. The summed E-state index contributed by atoms with van der Waals surface area (Å²) >= 11 is 0. The first-order valence-corrected chi connectivity index (χ1v) is 11.3. The standard InChI is InChI=1S/C26H30N4O3/c1-4-23(20-8-6-5-7-9-20)26(31)30-15-14-29(17-19(30)2)24-16-25(28-18-27-24)33-22-12-10-21(32-3)11-13-22/h5-13,16,18-19,23H,4,14-15,17H2,1-3H3/t19-,23-/m0/s1. The molecule has 2 heterocycles. The summed E-state index contributed by atoms with van der Waals surface area (Å²) in [4.78, 5) is 26.2. The third kappa shape index (κ3) is 5.25. The Morgan fingerprint density at radius 2 is 1.79 bits per heavy atom. The van der Waals surface area contributed by atoms with Crippen LogP contribution in [-0.2, 0) is 4.79 Å². The van der Waals surface area contributed by atoms with Crippen molar-refractivity contribution in [3.63, 3.8) is 0 Å². The summed E-state index contributed by atoms with van der Waals surface area (Å²) in [5.41, 5.74) is 1.08. The SMILES string of the molecule is CC[C@H](C(=O)N1CCN(c2cc(Oc3ccc(OC)cc3)ncn2)C[C@@H]1C)c1ccccc1. The van der Waals surface area contributed by atoms with Crippen LogP contribution in [0.4, 0.5) is 5.82 Å². The second-order valence-electron chi connectivity index (χ2n) is 8.19. The van der Waals surface area contributed by atoms with Crippen molar-refractivity contribution in [2.75, 3.05) is 31.6 Å². The van der Waals surface area contributed by atoms with Crippen LogP contribution in [0.5, 0.6) is 17.4 Å². The lowest BCUT2D eigenvalue weighted by Gasteiger charge is -2.41. The quantitative estimate of drug-likeness (QED) is 0.532. The first-order valence-electron chi connectivity index (χ1n) is 11.3. The lowest BCUT2D eigenvalue weighted by Crippen LogP contribution is -2.55. The van der Waals surface area contributed by atoms with Crippen LogP contribution in [0.25, 0.3) is 0 Å². The number of carbonyl (C=O) groups excluding carboxylic acids is 1.